The summed E-state index contributed by atoms with van der Waals surface area (Å²) in [6.07, 6.45) is 8.64. The largest absolute Gasteiger partial charge is 0.494 e. The van der Waals surface area contributed by atoms with Crippen molar-refractivity contribution in [1.82, 2.24) is 14.9 Å². The lowest BCUT2D eigenvalue weighted by molar-refractivity contribution is -0.126. The molecule has 32 heavy (non-hydrogen) atoms. The second kappa shape index (κ2) is 11.2. The highest BCUT2D eigenvalue weighted by Gasteiger charge is 2.21. The average molecular weight is 434 g/mol. The van der Waals surface area contributed by atoms with Gasteiger partial charge in [-0.15, -0.1) is 0 Å². The van der Waals surface area contributed by atoms with Crippen LogP contribution in [0.3, 0.4) is 0 Å². The van der Waals surface area contributed by atoms with E-state index in [-0.39, 0.29) is 11.8 Å². The fourth-order valence-electron chi connectivity index (χ4n) is 4.57. The first-order valence-electron chi connectivity index (χ1n) is 12.2. The minimum Gasteiger partial charge on any atom is -0.494 e. The van der Waals surface area contributed by atoms with Crippen molar-refractivity contribution < 1.29 is 9.53 Å². The molecule has 1 aliphatic carbocycles. The summed E-state index contributed by atoms with van der Waals surface area (Å²) in [5.74, 6) is 2.23. The van der Waals surface area contributed by atoms with Crippen molar-refractivity contribution in [1.29, 1.82) is 0 Å². The fraction of sp³-hybridized carbons (Fsp3) is 0.481. The number of hydrogen-bond donors (Lipinski definition) is 1. The Balaban J connectivity index is 1.32. The van der Waals surface area contributed by atoms with Gasteiger partial charge >= 0.3 is 0 Å². The molecule has 1 N–H and O–H groups in total. The second-order valence-corrected chi connectivity index (χ2v) is 8.77. The quantitative estimate of drug-likeness (QED) is 0.420. The van der Waals surface area contributed by atoms with E-state index < -0.39 is 0 Å². The van der Waals surface area contributed by atoms with Crippen LogP contribution in [0.1, 0.15) is 63.3 Å². The molecule has 0 atom stereocenters. The number of benzene rings is 2. The highest BCUT2D eigenvalue weighted by Crippen LogP contribution is 2.24. The molecule has 0 aliphatic heterocycles. The Kier molecular flexibility index (Phi) is 7.81. The first-order chi connectivity index (χ1) is 15.7. The number of amides is 1. The van der Waals surface area contributed by atoms with E-state index in [0.29, 0.717) is 13.2 Å². The first-order valence-corrected chi connectivity index (χ1v) is 12.2. The summed E-state index contributed by atoms with van der Waals surface area (Å²) in [5, 5.41) is 3.16. The van der Waals surface area contributed by atoms with E-state index in [0.717, 1.165) is 61.3 Å². The molecule has 1 saturated carbocycles. The van der Waals surface area contributed by atoms with E-state index in [1.165, 1.54) is 24.8 Å². The number of nitrogens with one attached hydrogen (secondary N) is 1. The zero-order chi connectivity index (χ0) is 22.2. The van der Waals surface area contributed by atoms with Crippen LogP contribution in [0, 0.1) is 5.92 Å². The maximum absolute atomic E-state index is 12.6. The lowest BCUT2D eigenvalue weighted by atomic mass is 9.89. The molecule has 5 heteroatoms. The summed E-state index contributed by atoms with van der Waals surface area (Å²) >= 11 is 0. The maximum atomic E-state index is 12.6. The molecule has 0 radical (unpaired) electrons. The van der Waals surface area contributed by atoms with Crippen molar-refractivity contribution in [2.45, 2.75) is 71.4 Å². The third-order valence-corrected chi connectivity index (χ3v) is 6.51. The SMILES string of the molecule is CCc1ccc(OCCCCn2c(CNC(=O)C3CCCCC3)nc3ccccc32)cc1. The number of carbonyl (C=O) groups is 1. The van der Waals surface area contributed by atoms with Gasteiger partial charge in [-0.25, -0.2) is 4.98 Å². The fourth-order valence-corrected chi connectivity index (χ4v) is 4.57. The molecular weight excluding hydrogens is 398 g/mol. The highest BCUT2D eigenvalue weighted by atomic mass is 16.5. The van der Waals surface area contributed by atoms with Crippen molar-refractivity contribution >= 4 is 16.9 Å². The Morgan fingerprint density at radius 1 is 1.06 bits per heavy atom. The van der Waals surface area contributed by atoms with Crippen LogP contribution in [0.5, 0.6) is 5.75 Å². The van der Waals surface area contributed by atoms with E-state index in [1.54, 1.807) is 0 Å². The van der Waals surface area contributed by atoms with Gasteiger partial charge in [0.25, 0.3) is 0 Å². The van der Waals surface area contributed by atoms with Crippen molar-refractivity contribution in [3.8, 4) is 5.75 Å². The van der Waals surface area contributed by atoms with Crippen molar-refractivity contribution in [2.75, 3.05) is 6.61 Å². The van der Waals surface area contributed by atoms with Gasteiger partial charge in [0.2, 0.25) is 5.91 Å². The van der Waals surface area contributed by atoms with E-state index in [2.05, 4.69) is 47.1 Å². The van der Waals surface area contributed by atoms with E-state index in [1.807, 2.05) is 18.2 Å². The monoisotopic (exact) mass is 433 g/mol. The predicted octanol–water partition coefficient (Wildman–Crippen LogP) is 5.65. The van der Waals surface area contributed by atoms with Gasteiger partial charge in [0.15, 0.2) is 0 Å². The molecule has 1 aliphatic rings. The molecule has 1 heterocycles. The van der Waals surface area contributed by atoms with Gasteiger partial charge in [-0.3, -0.25) is 4.79 Å². The van der Waals surface area contributed by atoms with Crippen LogP contribution in [0.2, 0.25) is 0 Å². The van der Waals surface area contributed by atoms with Crippen molar-refractivity contribution in [2.24, 2.45) is 5.92 Å². The standard InChI is InChI=1S/C27H35N3O2/c1-2-21-14-16-23(17-15-21)32-19-9-8-18-30-25-13-7-6-12-24(25)29-26(30)20-28-27(31)22-10-4-3-5-11-22/h6-7,12-17,22H,2-5,8-11,18-20H2,1H3,(H,28,31). The Bertz CT molecular complexity index is 1000. The molecule has 2 aromatic carbocycles. The summed E-state index contributed by atoms with van der Waals surface area (Å²) in [7, 11) is 0. The van der Waals surface area contributed by atoms with E-state index in [9.17, 15) is 4.79 Å². The number of carbonyl (C=O) groups excluding carboxylic acids is 1. The highest BCUT2D eigenvalue weighted by molar-refractivity contribution is 5.79. The number of ether oxygens (including phenoxy) is 1. The van der Waals surface area contributed by atoms with Gasteiger partial charge in [0, 0.05) is 12.5 Å². The van der Waals surface area contributed by atoms with E-state index in [4.69, 9.17) is 9.72 Å². The average Bonchev–Trinajstić information content (AvgIpc) is 3.20. The number of rotatable bonds is 10. The van der Waals surface area contributed by atoms with Crippen molar-refractivity contribution in [3.05, 3.63) is 59.9 Å². The molecule has 1 aromatic heterocycles. The number of fused-ring (bicyclic) bond motifs is 1. The number of aryl methyl sites for hydroxylation is 2. The zero-order valence-electron chi connectivity index (χ0n) is 19.2. The van der Waals surface area contributed by atoms with Crippen LogP contribution in [-0.4, -0.2) is 22.1 Å². The number of unbranched alkanes of at least 4 members (excludes halogenated alkanes) is 1. The van der Waals surface area contributed by atoms with Crippen LogP contribution >= 0.6 is 0 Å². The Morgan fingerprint density at radius 3 is 2.62 bits per heavy atom. The van der Waals surface area contributed by atoms with Gasteiger partial charge in [0.1, 0.15) is 11.6 Å². The summed E-state index contributed by atoms with van der Waals surface area (Å²) in [6, 6.07) is 16.6. The summed E-state index contributed by atoms with van der Waals surface area (Å²) < 4.78 is 8.16. The second-order valence-electron chi connectivity index (χ2n) is 8.77. The molecule has 0 spiro atoms. The summed E-state index contributed by atoms with van der Waals surface area (Å²) in [4.78, 5) is 17.4. The van der Waals surface area contributed by atoms with E-state index >= 15 is 0 Å². The third kappa shape index (κ3) is 5.70. The molecule has 0 unspecified atom stereocenters. The van der Waals surface area contributed by atoms with Crippen LogP contribution in [0.15, 0.2) is 48.5 Å². The molecule has 0 bridgehead atoms. The molecule has 0 saturated heterocycles. The molecule has 1 amide bonds. The predicted molar refractivity (Wildman–Crippen MR) is 129 cm³/mol. The Labute approximate surface area is 191 Å². The number of nitrogens with zero attached hydrogens (tertiary/aromatic N) is 2. The summed E-state index contributed by atoms with van der Waals surface area (Å²) in [5.41, 5.74) is 3.44. The van der Waals surface area contributed by atoms with Crippen LogP contribution in [0.4, 0.5) is 0 Å². The normalized spacial score (nSPS) is 14.5. The maximum Gasteiger partial charge on any atom is 0.223 e. The minimum absolute atomic E-state index is 0.171. The number of para-hydroxylation sites is 2. The lowest BCUT2D eigenvalue weighted by Crippen LogP contribution is -2.32. The first kappa shape index (κ1) is 22.4. The molecule has 4 rings (SSSR count). The van der Waals surface area contributed by atoms with Gasteiger partial charge in [-0.2, -0.15) is 0 Å². The van der Waals surface area contributed by atoms with Crippen LogP contribution < -0.4 is 10.1 Å². The van der Waals surface area contributed by atoms with Gasteiger partial charge < -0.3 is 14.6 Å². The topological polar surface area (TPSA) is 56.1 Å². The minimum atomic E-state index is 0.171. The van der Waals surface area contributed by atoms with Gasteiger partial charge in [-0.05, 0) is 61.9 Å². The Hall–Kier alpha value is -2.82. The molecule has 170 valence electrons. The molecule has 1 fully saturated rings. The third-order valence-electron chi connectivity index (χ3n) is 6.51. The molecule has 3 aromatic rings. The van der Waals surface area contributed by atoms with Crippen LogP contribution in [0.25, 0.3) is 11.0 Å². The van der Waals surface area contributed by atoms with Crippen molar-refractivity contribution in [3.63, 3.8) is 0 Å². The zero-order valence-corrected chi connectivity index (χ0v) is 19.2. The number of hydrogen-bond acceptors (Lipinski definition) is 3. The van der Waals surface area contributed by atoms with Gasteiger partial charge in [-0.1, -0.05) is 50.5 Å². The lowest BCUT2D eigenvalue weighted by Gasteiger charge is -2.20. The number of aromatic nitrogens is 2. The Morgan fingerprint density at radius 2 is 1.84 bits per heavy atom. The number of imidazole rings is 1. The molecule has 5 nitrogen and oxygen atoms in total. The van der Waals surface area contributed by atoms with Gasteiger partial charge in [0.05, 0.1) is 24.2 Å². The summed E-state index contributed by atoms with van der Waals surface area (Å²) in [6.45, 7) is 4.22. The van der Waals surface area contributed by atoms with Crippen LogP contribution in [-0.2, 0) is 24.3 Å². The molecular formula is C27H35N3O2. The smallest absolute Gasteiger partial charge is 0.223 e.